The van der Waals surface area contributed by atoms with E-state index in [1.807, 2.05) is 0 Å². The number of ether oxygens (including phenoxy) is 1. The molecule has 1 aliphatic heterocycles. The Balaban J connectivity index is 1.76. The highest BCUT2D eigenvalue weighted by Gasteiger charge is 2.25. The summed E-state index contributed by atoms with van der Waals surface area (Å²) in [7, 11) is 1.30. The zero-order valence-corrected chi connectivity index (χ0v) is 14.8. The number of esters is 1. The van der Waals surface area contributed by atoms with Gasteiger partial charge in [-0.1, -0.05) is 18.2 Å². The first kappa shape index (κ1) is 18.6. The molecular weight excluding hydrogens is 351 g/mol. The summed E-state index contributed by atoms with van der Waals surface area (Å²) in [6.07, 6.45) is 0.606. The lowest BCUT2D eigenvalue weighted by Crippen LogP contribution is -2.40. The molecule has 1 heterocycles. The fourth-order valence-electron chi connectivity index (χ4n) is 2.92. The van der Waals surface area contributed by atoms with Gasteiger partial charge in [0.05, 0.1) is 13.5 Å². The highest BCUT2D eigenvalue weighted by Crippen LogP contribution is 2.25. The summed E-state index contributed by atoms with van der Waals surface area (Å²) < 4.78 is 18.8. The molecule has 0 unspecified atom stereocenters. The molecule has 6 nitrogen and oxygen atoms in total. The van der Waals surface area contributed by atoms with Crippen molar-refractivity contribution >= 4 is 17.8 Å². The van der Waals surface area contributed by atoms with Crippen molar-refractivity contribution in [2.45, 2.75) is 18.9 Å². The number of carbonyl (C=O) groups is 3. The number of hydrogen-bond acceptors (Lipinski definition) is 4. The smallest absolute Gasteiger partial charge is 0.309 e. The Hall–Kier alpha value is -3.22. The summed E-state index contributed by atoms with van der Waals surface area (Å²) >= 11 is 0. The first-order valence-corrected chi connectivity index (χ1v) is 8.52. The van der Waals surface area contributed by atoms with Crippen LogP contribution in [0.5, 0.6) is 0 Å². The average molecular weight is 370 g/mol. The maximum absolute atomic E-state index is 14.2. The maximum Gasteiger partial charge on any atom is 0.309 e. The third kappa shape index (κ3) is 4.31. The van der Waals surface area contributed by atoms with Gasteiger partial charge in [0, 0.05) is 17.7 Å². The van der Waals surface area contributed by atoms with Gasteiger partial charge < -0.3 is 15.4 Å². The fraction of sp³-hybridized carbons (Fsp3) is 0.250. The highest BCUT2D eigenvalue weighted by molar-refractivity contribution is 5.98. The number of carbonyl (C=O) groups excluding carboxylic acids is 3. The van der Waals surface area contributed by atoms with Crippen molar-refractivity contribution in [1.82, 2.24) is 10.6 Å². The molecular formula is C20H19FN2O4. The van der Waals surface area contributed by atoms with E-state index in [0.717, 1.165) is 0 Å². The van der Waals surface area contributed by atoms with Crippen LogP contribution < -0.4 is 10.6 Å². The lowest BCUT2D eigenvalue weighted by atomic mass is 9.99. The highest BCUT2D eigenvalue weighted by atomic mass is 19.1. The van der Waals surface area contributed by atoms with E-state index >= 15 is 0 Å². The summed E-state index contributed by atoms with van der Waals surface area (Å²) in [4.78, 5) is 35.2. The number of hydrogen-bond donors (Lipinski definition) is 2. The van der Waals surface area contributed by atoms with Gasteiger partial charge in [-0.15, -0.1) is 0 Å². The SMILES string of the molecule is COC(=O)Cc1ccc(F)c(-c2ccc(C(=O)N[C@@H]3CCNC3=O)cc2)c1. The van der Waals surface area contributed by atoms with Crippen LogP contribution in [0.25, 0.3) is 11.1 Å². The molecule has 1 atom stereocenters. The number of halogens is 1. The van der Waals surface area contributed by atoms with Gasteiger partial charge >= 0.3 is 5.97 Å². The van der Waals surface area contributed by atoms with Crippen LogP contribution in [0, 0.1) is 5.82 Å². The molecule has 2 amide bonds. The van der Waals surface area contributed by atoms with Gasteiger partial charge in [0.2, 0.25) is 5.91 Å². The molecule has 0 saturated carbocycles. The van der Waals surface area contributed by atoms with Crippen LogP contribution in [0.15, 0.2) is 42.5 Å². The second-order valence-electron chi connectivity index (χ2n) is 6.25. The predicted molar refractivity (Wildman–Crippen MR) is 96.4 cm³/mol. The quantitative estimate of drug-likeness (QED) is 0.787. The molecule has 0 bridgehead atoms. The van der Waals surface area contributed by atoms with Gasteiger partial charge in [-0.05, 0) is 41.8 Å². The number of methoxy groups -OCH3 is 1. The molecule has 140 valence electrons. The normalized spacial score (nSPS) is 15.9. The van der Waals surface area contributed by atoms with Crippen molar-refractivity contribution in [1.29, 1.82) is 0 Å². The third-order valence-electron chi connectivity index (χ3n) is 4.42. The van der Waals surface area contributed by atoms with Crippen LogP contribution >= 0.6 is 0 Å². The summed E-state index contributed by atoms with van der Waals surface area (Å²) in [5.41, 5.74) is 1.92. The van der Waals surface area contributed by atoms with E-state index in [1.165, 1.54) is 19.2 Å². The van der Waals surface area contributed by atoms with Crippen molar-refractivity contribution in [2.24, 2.45) is 0 Å². The number of nitrogens with one attached hydrogen (secondary N) is 2. The predicted octanol–water partition coefficient (Wildman–Crippen LogP) is 1.83. The van der Waals surface area contributed by atoms with Gasteiger partial charge in [-0.25, -0.2) is 4.39 Å². The van der Waals surface area contributed by atoms with Crippen LogP contribution in [0.2, 0.25) is 0 Å². The van der Waals surface area contributed by atoms with Crippen LogP contribution in [-0.2, 0) is 20.7 Å². The van der Waals surface area contributed by atoms with E-state index < -0.39 is 17.8 Å². The Kier molecular flexibility index (Phi) is 5.49. The minimum atomic E-state index is -0.523. The Morgan fingerprint density at radius 3 is 2.59 bits per heavy atom. The Morgan fingerprint density at radius 1 is 1.22 bits per heavy atom. The second kappa shape index (κ2) is 7.99. The van der Waals surface area contributed by atoms with E-state index in [4.69, 9.17) is 0 Å². The van der Waals surface area contributed by atoms with E-state index in [0.29, 0.717) is 35.2 Å². The van der Waals surface area contributed by atoms with Crippen LogP contribution in [-0.4, -0.2) is 37.5 Å². The molecule has 0 aromatic heterocycles. The molecule has 1 saturated heterocycles. The first-order valence-electron chi connectivity index (χ1n) is 8.52. The molecule has 0 radical (unpaired) electrons. The van der Waals surface area contributed by atoms with E-state index in [2.05, 4.69) is 15.4 Å². The molecule has 27 heavy (non-hydrogen) atoms. The largest absolute Gasteiger partial charge is 0.469 e. The van der Waals surface area contributed by atoms with E-state index in [9.17, 15) is 18.8 Å². The summed E-state index contributed by atoms with van der Waals surface area (Å²) in [6, 6.07) is 10.3. The third-order valence-corrected chi connectivity index (χ3v) is 4.42. The number of amides is 2. The number of rotatable bonds is 5. The van der Waals surface area contributed by atoms with Crippen LogP contribution in [0.1, 0.15) is 22.3 Å². The molecule has 1 fully saturated rings. The fourth-order valence-corrected chi connectivity index (χ4v) is 2.92. The van der Waals surface area contributed by atoms with Crippen molar-refractivity contribution in [3.8, 4) is 11.1 Å². The molecule has 3 rings (SSSR count). The summed E-state index contributed by atoms with van der Waals surface area (Å²) in [5, 5.41) is 5.33. The van der Waals surface area contributed by atoms with E-state index in [1.54, 1.807) is 30.3 Å². The Bertz CT molecular complexity index is 880. The van der Waals surface area contributed by atoms with E-state index in [-0.39, 0.29) is 18.2 Å². The van der Waals surface area contributed by atoms with Gasteiger partial charge in [0.15, 0.2) is 0 Å². The minimum Gasteiger partial charge on any atom is -0.469 e. The molecule has 0 aliphatic carbocycles. The van der Waals surface area contributed by atoms with Crippen molar-refractivity contribution in [3.63, 3.8) is 0 Å². The second-order valence-corrected chi connectivity index (χ2v) is 6.25. The van der Waals surface area contributed by atoms with Gasteiger partial charge in [-0.2, -0.15) is 0 Å². The molecule has 7 heteroatoms. The zero-order chi connectivity index (χ0) is 19.4. The molecule has 1 aliphatic rings. The van der Waals surface area contributed by atoms with Crippen LogP contribution in [0.3, 0.4) is 0 Å². The Morgan fingerprint density at radius 2 is 1.96 bits per heavy atom. The van der Waals surface area contributed by atoms with Crippen molar-refractivity contribution < 1.29 is 23.5 Å². The minimum absolute atomic E-state index is 0.0493. The molecule has 2 aromatic rings. The van der Waals surface area contributed by atoms with Gasteiger partial charge in [0.25, 0.3) is 5.91 Å². The lowest BCUT2D eigenvalue weighted by molar-refractivity contribution is -0.139. The summed E-state index contributed by atoms with van der Waals surface area (Å²) in [5.74, 6) is -1.38. The maximum atomic E-state index is 14.2. The monoisotopic (exact) mass is 370 g/mol. The van der Waals surface area contributed by atoms with Gasteiger partial charge in [-0.3, -0.25) is 14.4 Å². The first-order chi connectivity index (χ1) is 13.0. The average Bonchev–Trinajstić information content (AvgIpc) is 3.08. The topological polar surface area (TPSA) is 84.5 Å². The van der Waals surface area contributed by atoms with Crippen molar-refractivity contribution in [2.75, 3.05) is 13.7 Å². The van der Waals surface area contributed by atoms with Gasteiger partial charge in [0.1, 0.15) is 11.9 Å². The zero-order valence-electron chi connectivity index (χ0n) is 14.8. The number of benzene rings is 2. The lowest BCUT2D eigenvalue weighted by Gasteiger charge is -2.11. The Labute approximate surface area is 155 Å². The van der Waals surface area contributed by atoms with Crippen LogP contribution in [0.4, 0.5) is 4.39 Å². The molecule has 2 N–H and O–H groups in total. The standard InChI is InChI=1S/C20H19FN2O4/c1-27-18(24)11-12-2-7-16(21)15(10-12)13-3-5-14(6-4-13)19(25)23-17-8-9-22-20(17)26/h2-7,10,17H,8-9,11H2,1H3,(H,22,26)(H,23,25)/t17-/m1/s1. The molecule has 0 spiro atoms. The molecule has 2 aromatic carbocycles. The summed E-state index contributed by atoms with van der Waals surface area (Å²) in [6.45, 7) is 0.546. The van der Waals surface area contributed by atoms with Crippen molar-refractivity contribution in [3.05, 3.63) is 59.4 Å².